The van der Waals surface area contributed by atoms with Gasteiger partial charge in [-0.15, -0.1) is 0 Å². The van der Waals surface area contributed by atoms with E-state index in [0.717, 1.165) is 34.0 Å². The molecule has 1 aliphatic heterocycles. The van der Waals surface area contributed by atoms with E-state index in [9.17, 15) is 19.2 Å². The molecule has 0 aromatic heterocycles. The number of benzene rings is 2. The maximum atomic E-state index is 13.2. The first-order chi connectivity index (χ1) is 17.4. The van der Waals surface area contributed by atoms with E-state index in [2.05, 4.69) is 0 Å². The van der Waals surface area contributed by atoms with Crippen LogP contribution in [0.15, 0.2) is 89.2 Å². The van der Waals surface area contributed by atoms with Gasteiger partial charge in [-0.2, -0.15) is 0 Å². The number of carbonyl (C=O) groups is 4. The minimum atomic E-state index is -1.07. The summed E-state index contributed by atoms with van der Waals surface area (Å²) in [6.07, 6.45) is 3.34. The molecule has 0 saturated heterocycles. The van der Waals surface area contributed by atoms with Gasteiger partial charge in [-0.3, -0.25) is 0 Å². The molecule has 1 atom stereocenters. The molecule has 0 amide bonds. The second kappa shape index (κ2) is 11.7. The van der Waals surface area contributed by atoms with Gasteiger partial charge in [-0.1, -0.05) is 60.7 Å². The molecule has 2 aromatic carbocycles. The number of nitrogens with zero attached hydrogens (tertiary/aromatic N) is 1. The lowest BCUT2D eigenvalue weighted by Crippen LogP contribution is -2.46. The van der Waals surface area contributed by atoms with Crippen molar-refractivity contribution in [2.45, 2.75) is 6.04 Å². The predicted octanol–water partition coefficient (Wildman–Crippen LogP) is 2.83. The molecule has 0 saturated carbocycles. The first-order valence-corrected chi connectivity index (χ1v) is 10.8. The zero-order valence-corrected chi connectivity index (χ0v) is 20.2. The molecule has 186 valence electrons. The van der Waals surface area contributed by atoms with Crippen LogP contribution in [0.2, 0.25) is 0 Å². The summed E-state index contributed by atoms with van der Waals surface area (Å²) in [6.45, 7) is 0. The van der Waals surface area contributed by atoms with Crippen LogP contribution in [-0.4, -0.2) is 58.4 Å². The van der Waals surface area contributed by atoms with Gasteiger partial charge in [0.1, 0.15) is 11.3 Å². The van der Waals surface area contributed by atoms with Crippen LogP contribution in [-0.2, 0) is 38.1 Å². The number of rotatable bonds is 7. The van der Waals surface area contributed by atoms with Crippen LogP contribution in [0.25, 0.3) is 6.08 Å². The summed E-state index contributed by atoms with van der Waals surface area (Å²) >= 11 is 0. The molecule has 0 fully saturated rings. The van der Waals surface area contributed by atoms with Crippen LogP contribution < -0.4 is 4.90 Å². The largest absolute Gasteiger partial charge is 0.466 e. The van der Waals surface area contributed by atoms with E-state index >= 15 is 0 Å². The SMILES string of the molecule is COC(=O)C1=C(C(=O)OC)[C@H](/C=C/c2ccccc2)N(c2ccccc2)C(C(=O)OC)=C1C(=O)OC. The number of carbonyl (C=O) groups excluding carboxylic acids is 4. The minimum Gasteiger partial charge on any atom is -0.466 e. The van der Waals surface area contributed by atoms with Crippen molar-refractivity contribution in [1.29, 1.82) is 0 Å². The zero-order valence-electron chi connectivity index (χ0n) is 20.2. The Hall–Kier alpha value is -4.66. The van der Waals surface area contributed by atoms with Crippen molar-refractivity contribution in [2.24, 2.45) is 0 Å². The third kappa shape index (κ3) is 5.05. The van der Waals surface area contributed by atoms with Gasteiger partial charge in [0, 0.05) is 5.69 Å². The van der Waals surface area contributed by atoms with Crippen molar-refractivity contribution in [3.8, 4) is 0 Å². The van der Waals surface area contributed by atoms with Crippen LogP contribution in [0.3, 0.4) is 0 Å². The molecule has 9 heteroatoms. The Balaban J connectivity index is 2.48. The molecule has 3 rings (SSSR count). The van der Waals surface area contributed by atoms with Gasteiger partial charge < -0.3 is 23.8 Å². The Kier molecular flexibility index (Phi) is 8.40. The number of methoxy groups -OCH3 is 4. The highest BCUT2D eigenvalue weighted by Gasteiger charge is 2.46. The van der Waals surface area contributed by atoms with E-state index in [4.69, 9.17) is 18.9 Å². The van der Waals surface area contributed by atoms with E-state index in [1.165, 1.54) is 4.90 Å². The normalized spacial score (nSPS) is 15.6. The van der Waals surface area contributed by atoms with Crippen molar-refractivity contribution in [3.05, 3.63) is 94.7 Å². The Morgan fingerprint density at radius 2 is 1.17 bits per heavy atom. The molecule has 0 spiro atoms. The molecular weight excluding hydrogens is 466 g/mol. The van der Waals surface area contributed by atoms with Crippen molar-refractivity contribution in [2.75, 3.05) is 33.3 Å². The van der Waals surface area contributed by atoms with Crippen molar-refractivity contribution >= 4 is 35.6 Å². The van der Waals surface area contributed by atoms with Gasteiger partial charge in [-0.25, -0.2) is 19.2 Å². The van der Waals surface area contributed by atoms with E-state index < -0.39 is 41.1 Å². The van der Waals surface area contributed by atoms with E-state index in [1.807, 2.05) is 30.3 Å². The fourth-order valence-corrected chi connectivity index (χ4v) is 3.86. The van der Waals surface area contributed by atoms with Crippen molar-refractivity contribution < 1.29 is 38.1 Å². The number of esters is 4. The Morgan fingerprint density at radius 1 is 0.667 bits per heavy atom. The average molecular weight is 491 g/mol. The monoisotopic (exact) mass is 491 g/mol. The van der Waals surface area contributed by atoms with Crippen LogP contribution in [0.5, 0.6) is 0 Å². The summed E-state index contributed by atoms with van der Waals surface area (Å²) < 4.78 is 19.8. The summed E-state index contributed by atoms with van der Waals surface area (Å²) in [5.74, 6) is -3.89. The Labute approximate surface area is 208 Å². The highest BCUT2D eigenvalue weighted by atomic mass is 16.5. The molecule has 1 heterocycles. The lowest BCUT2D eigenvalue weighted by atomic mass is 9.86. The molecule has 2 aromatic rings. The molecule has 0 N–H and O–H groups in total. The smallest absolute Gasteiger partial charge is 0.355 e. The predicted molar refractivity (Wildman–Crippen MR) is 130 cm³/mol. The molecule has 0 radical (unpaired) electrons. The number of hydrogen-bond donors (Lipinski definition) is 0. The summed E-state index contributed by atoms with van der Waals surface area (Å²) in [5, 5.41) is 0. The molecule has 0 unspecified atom stereocenters. The van der Waals surface area contributed by atoms with Gasteiger partial charge in [0.15, 0.2) is 0 Å². The Morgan fingerprint density at radius 3 is 1.69 bits per heavy atom. The minimum absolute atomic E-state index is 0.214. The third-order valence-corrected chi connectivity index (χ3v) is 5.44. The van der Waals surface area contributed by atoms with E-state index in [-0.39, 0.29) is 11.3 Å². The van der Waals surface area contributed by atoms with E-state index in [0.29, 0.717) is 5.69 Å². The van der Waals surface area contributed by atoms with Gasteiger partial charge in [0.2, 0.25) is 0 Å². The molecule has 0 bridgehead atoms. The lowest BCUT2D eigenvalue weighted by molar-refractivity contribution is -0.142. The summed E-state index contributed by atoms with van der Waals surface area (Å²) in [5.41, 5.74) is -0.222. The zero-order chi connectivity index (χ0) is 26.2. The summed E-state index contributed by atoms with van der Waals surface area (Å²) in [7, 11) is 4.46. The van der Waals surface area contributed by atoms with Gasteiger partial charge in [0.05, 0.1) is 45.6 Å². The van der Waals surface area contributed by atoms with Gasteiger partial charge >= 0.3 is 23.9 Å². The van der Waals surface area contributed by atoms with Gasteiger partial charge in [-0.05, 0) is 17.7 Å². The quantitative estimate of drug-likeness (QED) is 0.427. The molecule has 1 aliphatic rings. The Bertz CT molecular complexity index is 1250. The molecular formula is C27H25NO8. The second-order valence-electron chi connectivity index (χ2n) is 7.40. The summed E-state index contributed by atoms with van der Waals surface area (Å²) in [4.78, 5) is 53.8. The summed E-state index contributed by atoms with van der Waals surface area (Å²) in [6, 6.07) is 16.7. The first-order valence-electron chi connectivity index (χ1n) is 10.8. The average Bonchev–Trinajstić information content (AvgIpc) is 2.94. The van der Waals surface area contributed by atoms with Crippen molar-refractivity contribution in [3.63, 3.8) is 0 Å². The first kappa shape index (κ1) is 26.0. The maximum Gasteiger partial charge on any atom is 0.355 e. The number of hydrogen-bond acceptors (Lipinski definition) is 9. The van der Waals surface area contributed by atoms with Crippen LogP contribution in [0.1, 0.15) is 5.56 Å². The number of ether oxygens (including phenoxy) is 4. The fourth-order valence-electron chi connectivity index (χ4n) is 3.86. The third-order valence-electron chi connectivity index (χ3n) is 5.44. The molecule has 0 aliphatic carbocycles. The topological polar surface area (TPSA) is 108 Å². The highest BCUT2D eigenvalue weighted by molar-refractivity contribution is 6.18. The van der Waals surface area contributed by atoms with Crippen LogP contribution in [0.4, 0.5) is 5.69 Å². The fraction of sp³-hybridized carbons (Fsp3) is 0.185. The van der Waals surface area contributed by atoms with E-state index in [1.54, 1.807) is 42.5 Å². The molecule has 9 nitrogen and oxygen atoms in total. The lowest BCUT2D eigenvalue weighted by Gasteiger charge is -2.38. The van der Waals surface area contributed by atoms with Crippen LogP contribution in [0, 0.1) is 0 Å². The number of para-hydroxylation sites is 1. The van der Waals surface area contributed by atoms with Gasteiger partial charge in [0.25, 0.3) is 0 Å². The van der Waals surface area contributed by atoms with Crippen molar-refractivity contribution in [1.82, 2.24) is 0 Å². The highest BCUT2D eigenvalue weighted by Crippen LogP contribution is 2.39. The standard InChI is InChI=1S/C27H25NO8/c1-33-24(29)20-19(16-15-17-11-7-5-8-12-17)28(18-13-9-6-10-14-18)23(27(32)36-4)22(26(31)35-3)21(20)25(30)34-2/h5-16,19H,1-4H3/b16-15+/t19-/m0/s1. The van der Waals surface area contributed by atoms with Crippen LogP contribution >= 0.6 is 0 Å². The maximum absolute atomic E-state index is 13.2. The second-order valence-corrected chi connectivity index (χ2v) is 7.40. The number of anilines is 1. The molecule has 36 heavy (non-hydrogen) atoms.